The predicted octanol–water partition coefficient (Wildman–Crippen LogP) is 4.00. The van der Waals surface area contributed by atoms with Gasteiger partial charge in [0.1, 0.15) is 12.3 Å². The zero-order chi connectivity index (χ0) is 23.1. The molecule has 0 radical (unpaired) electrons. The van der Waals surface area contributed by atoms with Gasteiger partial charge >= 0.3 is 0 Å². The van der Waals surface area contributed by atoms with Crippen LogP contribution in [0.4, 0.5) is 5.69 Å². The van der Waals surface area contributed by atoms with E-state index >= 15 is 0 Å². The van der Waals surface area contributed by atoms with Gasteiger partial charge in [-0.1, -0.05) is 47.5 Å². The highest BCUT2D eigenvalue weighted by Gasteiger charge is 2.27. The molecule has 3 rings (SSSR count). The topological polar surface area (TPSA) is 88.1 Å². The maximum absolute atomic E-state index is 13.3. The number of sulfonamides is 1. The molecule has 32 heavy (non-hydrogen) atoms. The van der Waals surface area contributed by atoms with E-state index < -0.39 is 22.5 Å². The van der Waals surface area contributed by atoms with Crippen LogP contribution in [-0.4, -0.2) is 34.2 Å². The van der Waals surface area contributed by atoms with Crippen LogP contribution in [0.5, 0.6) is 5.75 Å². The van der Waals surface area contributed by atoms with Crippen molar-refractivity contribution in [3.8, 4) is 5.75 Å². The van der Waals surface area contributed by atoms with E-state index in [9.17, 15) is 13.2 Å². The molecule has 0 aliphatic heterocycles. The average molecular weight is 472 g/mol. The Kier molecular flexibility index (Phi) is 7.50. The van der Waals surface area contributed by atoms with E-state index in [2.05, 4.69) is 10.5 Å². The fourth-order valence-electron chi connectivity index (χ4n) is 2.82. The van der Waals surface area contributed by atoms with E-state index in [0.29, 0.717) is 22.0 Å². The number of ether oxygens (including phenoxy) is 1. The zero-order valence-corrected chi connectivity index (χ0v) is 19.1. The molecule has 3 aromatic carbocycles. The molecular formula is C23H22ClN3O4S. The second kappa shape index (κ2) is 10.3. The number of nitrogens with zero attached hydrogens (tertiary/aromatic N) is 2. The van der Waals surface area contributed by atoms with Crippen LogP contribution in [0.3, 0.4) is 0 Å². The van der Waals surface area contributed by atoms with Gasteiger partial charge < -0.3 is 4.74 Å². The zero-order valence-electron chi connectivity index (χ0n) is 17.5. The monoisotopic (exact) mass is 471 g/mol. The lowest BCUT2D eigenvalue weighted by Crippen LogP contribution is -2.39. The molecule has 9 heteroatoms. The number of hydrogen-bond donors (Lipinski definition) is 1. The Bertz CT molecular complexity index is 1210. The first kappa shape index (κ1) is 23.3. The predicted molar refractivity (Wildman–Crippen MR) is 126 cm³/mol. The second-order valence-electron chi connectivity index (χ2n) is 6.84. The van der Waals surface area contributed by atoms with Crippen molar-refractivity contribution in [2.75, 3.05) is 18.0 Å². The molecule has 0 aromatic heterocycles. The van der Waals surface area contributed by atoms with Crippen LogP contribution in [-0.2, 0) is 14.8 Å². The normalized spacial score (nSPS) is 11.3. The van der Waals surface area contributed by atoms with Crippen molar-refractivity contribution in [1.29, 1.82) is 0 Å². The van der Waals surface area contributed by atoms with Crippen LogP contribution < -0.4 is 14.5 Å². The third-order valence-corrected chi connectivity index (χ3v) is 6.69. The van der Waals surface area contributed by atoms with Crippen LogP contribution in [0.15, 0.2) is 82.8 Å². The summed E-state index contributed by atoms with van der Waals surface area (Å²) in [5.74, 6) is -0.0463. The molecule has 0 atom stereocenters. The van der Waals surface area contributed by atoms with Crippen LogP contribution in [0, 0.1) is 6.92 Å². The fraction of sp³-hybridized carbons (Fsp3) is 0.130. The Morgan fingerprint density at radius 3 is 2.34 bits per heavy atom. The number of rotatable bonds is 8. The van der Waals surface area contributed by atoms with Gasteiger partial charge in [-0.2, -0.15) is 5.10 Å². The molecule has 166 valence electrons. The average Bonchev–Trinajstić information content (AvgIpc) is 2.79. The number of benzene rings is 3. The van der Waals surface area contributed by atoms with E-state index in [1.807, 2.05) is 6.92 Å². The van der Waals surface area contributed by atoms with Gasteiger partial charge in [-0.05, 0) is 49.4 Å². The number of methoxy groups -OCH3 is 1. The first-order chi connectivity index (χ1) is 15.3. The van der Waals surface area contributed by atoms with Crippen LogP contribution in [0.25, 0.3) is 0 Å². The number of amides is 1. The van der Waals surface area contributed by atoms with Crippen molar-refractivity contribution in [1.82, 2.24) is 5.43 Å². The minimum atomic E-state index is -4.01. The van der Waals surface area contributed by atoms with Gasteiger partial charge in [0, 0.05) is 10.6 Å². The molecule has 0 spiro atoms. The Morgan fingerprint density at radius 2 is 1.72 bits per heavy atom. The van der Waals surface area contributed by atoms with Gasteiger partial charge in [0.05, 0.1) is 23.9 Å². The van der Waals surface area contributed by atoms with E-state index in [0.717, 1.165) is 9.87 Å². The first-order valence-electron chi connectivity index (χ1n) is 9.61. The quantitative estimate of drug-likeness (QED) is 0.397. The Morgan fingerprint density at radius 1 is 1.06 bits per heavy atom. The van der Waals surface area contributed by atoms with Gasteiger partial charge in [-0.3, -0.25) is 9.10 Å². The van der Waals surface area contributed by atoms with Crippen molar-refractivity contribution < 1.29 is 17.9 Å². The number of anilines is 1. The summed E-state index contributed by atoms with van der Waals surface area (Å²) < 4.78 is 32.8. The van der Waals surface area contributed by atoms with Gasteiger partial charge in [-0.25, -0.2) is 13.8 Å². The molecule has 1 amide bonds. The summed E-state index contributed by atoms with van der Waals surface area (Å²) in [7, 11) is -2.50. The van der Waals surface area contributed by atoms with Crippen LogP contribution >= 0.6 is 11.6 Å². The summed E-state index contributed by atoms with van der Waals surface area (Å²) in [5.41, 5.74) is 4.21. The Labute approximate surface area is 192 Å². The standard InChI is InChI=1S/C23H22ClN3O4S/c1-17-7-13-21(14-8-17)32(29,30)27(19-9-11-20(31-2)12-10-19)16-23(28)26-25-15-18-5-3-4-6-22(18)24/h3-15H,16H2,1-2H3,(H,26,28)/b25-15-. The lowest BCUT2D eigenvalue weighted by molar-refractivity contribution is -0.119. The summed E-state index contributed by atoms with van der Waals surface area (Å²) in [4.78, 5) is 12.6. The number of carbonyl (C=O) groups excluding carboxylic acids is 1. The molecule has 3 aromatic rings. The summed E-state index contributed by atoms with van der Waals surface area (Å²) >= 11 is 6.07. The van der Waals surface area contributed by atoms with Crippen LogP contribution in [0.1, 0.15) is 11.1 Å². The molecule has 0 fully saturated rings. The van der Waals surface area contributed by atoms with Crippen molar-refractivity contribution in [3.05, 3.63) is 88.9 Å². The highest BCUT2D eigenvalue weighted by Crippen LogP contribution is 2.26. The molecule has 7 nitrogen and oxygen atoms in total. The highest BCUT2D eigenvalue weighted by atomic mass is 35.5. The van der Waals surface area contributed by atoms with Gasteiger partial charge in [0.15, 0.2) is 0 Å². The van der Waals surface area contributed by atoms with Crippen molar-refractivity contribution in [3.63, 3.8) is 0 Å². The molecule has 1 N–H and O–H groups in total. The van der Waals surface area contributed by atoms with E-state index in [-0.39, 0.29) is 4.90 Å². The van der Waals surface area contributed by atoms with Gasteiger partial charge in [0.2, 0.25) is 0 Å². The number of halogens is 1. The molecule has 0 heterocycles. The molecule has 0 unspecified atom stereocenters. The molecule has 0 aliphatic rings. The van der Waals surface area contributed by atoms with Crippen molar-refractivity contribution in [2.45, 2.75) is 11.8 Å². The minimum Gasteiger partial charge on any atom is -0.497 e. The number of carbonyl (C=O) groups is 1. The number of aryl methyl sites for hydroxylation is 1. The molecule has 0 bridgehead atoms. The third kappa shape index (κ3) is 5.66. The van der Waals surface area contributed by atoms with Crippen molar-refractivity contribution >= 4 is 39.4 Å². The summed E-state index contributed by atoms with van der Waals surface area (Å²) in [6.07, 6.45) is 1.40. The van der Waals surface area contributed by atoms with E-state index in [1.54, 1.807) is 60.7 Å². The second-order valence-corrected chi connectivity index (χ2v) is 9.11. The first-order valence-corrected chi connectivity index (χ1v) is 11.4. The maximum Gasteiger partial charge on any atom is 0.264 e. The Balaban J connectivity index is 1.85. The summed E-state index contributed by atoms with van der Waals surface area (Å²) in [5, 5.41) is 4.37. The highest BCUT2D eigenvalue weighted by molar-refractivity contribution is 7.92. The van der Waals surface area contributed by atoms with Gasteiger partial charge in [-0.15, -0.1) is 0 Å². The molecule has 0 aliphatic carbocycles. The lowest BCUT2D eigenvalue weighted by Gasteiger charge is -2.24. The lowest BCUT2D eigenvalue weighted by atomic mass is 10.2. The minimum absolute atomic E-state index is 0.0753. The number of hydrazone groups is 1. The van der Waals surface area contributed by atoms with Gasteiger partial charge in [0.25, 0.3) is 15.9 Å². The summed E-state index contributed by atoms with van der Waals surface area (Å²) in [6, 6.07) is 19.8. The molecule has 0 saturated carbocycles. The number of nitrogens with one attached hydrogen (secondary N) is 1. The van der Waals surface area contributed by atoms with Crippen molar-refractivity contribution in [2.24, 2.45) is 5.10 Å². The van der Waals surface area contributed by atoms with E-state index in [1.165, 1.54) is 25.5 Å². The Hall–Kier alpha value is -3.36. The molecular weight excluding hydrogens is 450 g/mol. The fourth-order valence-corrected chi connectivity index (χ4v) is 4.43. The number of hydrogen-bond acceptors (Lipinski definition) is 5. The maximum atomic E-state index is 13.3. The van der Waals surface area contributed by atoms with Crippen LogP contribution in [0.2, 0.25) is 5.02 Å². The SMILES string of the molecule is COc1ccc(N(CC(=O)N/N=C\c2ccccc2Cl)S(=O)(=O)c2ccc(C)cc2)cc1. The smallest absolute Gasteiger partial charge is 0.264 e. The third-order valence-electron chi connectivity index (χ3n) is 4.55. The van der Waals surface area contributed by atoms with E-state index in [4.69, 9.17) is 16.3 Å². The summed E-state index contributed by atoms with van der Waals surface area (Å²) in [6.45, 7) is 1.39. The molecule has 0 saturated heterocycles. The largest absolute Gasteiger partial charge is 0.497 e.